The summed E-state index contributed by atoms with van der Waals surface area (Å²) in [6.45, 7) is 1.94. The normalized spacial score (nSPS) is 10.7. The van der Waals surface area contributed by atoms with E-state index in [2.05, 4.69) is 9.97 Å². The Bertz CT molecular complexity index is 975. The SMILES string of the molecule is CCOC(=O)c1ccc2nc(SC)nc(-c3cccc(OC)c3)c2c1O. The van der Waals surface area contributed by atoms with Crippen molar-refractivity contribution in [1.29, 1.82) is 0 Å². The molecule has 3 rings (SSSR count). The Balaban J connectivity index is 2.31. The van der Waals surface area contributed by atoms with Gasteiger partial charge < -0.3 is 14.6 Å². The van der Waals surface area contributed by atoms with Crippen LogP contribution >= 0.6 is 11.8 Å². The zero-order valence-electron chi connectivity index (χ0n) is 14.6. The molecular formula is C19H18N2O4S. The molecule has 6 nitrogen and oxygen atoms in total. The molecule has 0 spiro atoms. The lowest BCUT2D eigenvalue weighted by molar-refractivity contribution is 0.0523. The Morgan fingerprint density at radius 3 is 2.73 bits per heavy atom. The number of phenols is 1. The minimum Gasteiger partial charge on any atom is -0.506 e. The van der Waals surface area contributed by atoms with E-state index in [1.54, 1.807) is 20.1 Å². The molecule has 0 aliphatic heterocycles. The van der Waals surface area contributed by atoms with E-state index in [1.165, 1.54) is 17.8 Å². The second-order valence-electron chi connectivity index (χ2n) is 5.37. The minimum atomic E-state index is -0.586. The van der Waals surface area contributed by atoms with E-state index in [0.29, 0.717) is 27.5 Å². The molecule has 1 N–H and O–H groups in total. The summed E-state index contributed by atoms with van der Waals surface area (Å²) in [6, 6.07) is 10.6. The standard InChI is InChI=1S/C19H18N2O4S/c1-4-25-18(23)13-8-9-14-15(17(13)22)16(21-19(20-14)26-3)11-6-5-7-12(10-11)24-2/h5-10,22H,4H2,1-3H3. The maximum absolute atomic E-state index is 12.1. The number of aromatic hydroxyl groups is 1. The van der Waals surface area contributed by atoms with E-state index in [4.69, 9.17) is 9.47 Å². The van der Waals surface area contributed by atoms with Crippen LogP contribution in [0.1, 0.15) is 17.3 Å². The average molecular weight is 370 g/mol. The van der Waals surface area contributed by atoms with Crippen LogP contribution in [0.15, 0.2) is 41.6 Å². The van der Waals surface area contributed by atoms with Crippen molar-refractivity contribution in [3.63, 3.8) is 0 Å². The number of hydrogen-bond donors (Lipinski definition) is 1. The van der Waals surface area contributed by atoms with Crippen LogP contribution in [0.4, 0.5) is 0 Å². The van der Waals surface area contributed by atoms with Crippen molar-refractivity contribution in [3.05, 3.63) is 42.0 Å². The summed E-state index contributed by atoms with van der Waals surface area (Å²) >= 11 is 1.40. The lowest BCUT2D eigenvalue weighted by Gasteiger charge is -2.12. The number of benzene rings is 2. The first-order chi connectivity index (χ1) is 12.6. The van der Waals surface area contributed by atoms with Crippen LogP contribution in [-0.4, -0.2) is 41.0 Å². The maximum Gasteiger partial charge on any atom is 0.341 e. The molecule has 0 saturated carbocycles. The number of nitrogens with zero attached hydrogens (tertiary/aromatic N) is 2. The quantitative estimate of drug-likeness (QED) is 0.414. The van der Waals surface area contributed by atoms with Gasteiger partial charge in [0.05, 0.1) is 30.3 Å². The number of hydrogen-bond acceptors (Lipinski definition) is 7. The number of ether oxygens (including phenoxy) is 2. The van der Waals surface area contributed by atoms with Gasteiger partial charge in [0.25, 0.3) is 0 Å². The van der Waals surface area contributed by atoms with E-state index >= 15 is 0 Å². The molecule has 0 aliphatic rings. The molecular weight excluding hydrogens is 352 g/mol. The van der Waals surface area contributed by atoms with Crippen LogP contribution in [0, 0.1) is 0 Å². The highest BCUT2D eigenvalue weighted by atomic mass is 32.2. The summed E-state index contributed by atoms with van der Waals surface area (Å²) in [5.41, 5.74) is 1.92. The topological polar surface area (TPSA) is 81.5 Å². The van der Waals surface area contributed by atoms with Crippen LogP contribution in [-0.2, 0) is 4.74 Å². The summed E-state index contributed by atoms with van der Waals surface area (Å²) in [4.78, 5) is 21.1. The highest BCUT2D eigenvalue weighted by Gasteiger charge is 2.20. The molecule has 3 aromatic rings. The van der Waals surface area contributed by atoms with Gasteiger partial charge in [-0.25, -0.2) is 14.8 Å². The Labute approximate surface area is 155 Å². The molecule has 7 heteroatoms. The Hall–Kier alpha value is -2.80. The third-order valence-corrected chi connectivity index (χ3v) is 4.39. The van der Waals surface area contributed by atoms with E-state index in [9.17, 15) is 9.90 Å². The second-order valence-corrected chi connectivity index (χ2v) is 6.14. The van der Waals surface area contributed by atoms with Crippen molar-refractivity contribution < 1.29 is 19.4 Å². The summed E-state index contributed by atoms with van der Waals surface area (Å²) < 4.78 is 10.3. The minimum absolute atomic E-state index is 0.0870. The molecule has 134 valence electrons. The summed E-state index contributed by atoms with van der Waals surface area (Å²) in [5, 5.41) is 11.7. The third kappa shape index (κ3) is 3.30. The van der Waals surface area contributed by atoms with Crippen LogP contribution in [0.25, 0.3) is 22.2 Å². The molecule has 0 atom stereocenters. The number of fused-ring (bicyclic) bond motifs is 1. The zero-order chi connectivity index (χ0) is 18.7. The van der Waals surface area contributed by atoms with Gasteiger partial charge in [-0.15, -0.1) is 0 Å². The van der Waals surface area contributed by atoms with E-state index in [-0.39, 0.29) is 17.9 Å². The van der Waals surface area contributed by atoms with Crippen molar-refractivity contribution in [1.82, 2.24) is 9.97 Å². The smallest absolute Gasteiger partial charge is 0.341 e. The number of aromatic nitrogens is 2. The number of carbonyl (C=O) groups is 1. The molecule has 0 fully saturated rings. The van der Waals surface area contributed by atoms with E-state index in [1.807, 2.05) is 30.5 Å². The highest BCUT2D eigenvalue weighted by Crippen LogP contribution is 2.37. The Morgan fingerprint density at radius 1 is 1.23 bits per heavy atom. The fourth-order valence-electron chi connectivity index (χ4n) is 2.63. The number of esters is 1. The monoisotopic (exact) mass is 370 g/mol. The zero-order valence-corrected chi connectivity index (χ0v) is 15.5. The number of phenolic OH excluding ortho intramolecular Hbond substituents is 1. The van der Waals surface area contributed by atoms with Crippen LogP contribution in [0.2, 0.25) is 0 Å². The highest BCUT2D eigenvalue weighted by molar-refractivity contribution is 7.98. The van der Waals surface area contributed by atoms with Crippen molar-refractivity contribution in [3.8, 4) is 22.8 Å². The first-order valence-electron chi connectivity index (χ1n) is 7.98. The lowest BCUT2D eigenvalue weighted by Crippen LogP contribution is -2.06. The molecule has 0 unspecified atom stereocenters. The largest absolute Gasteiger partial charge is 0.506 e. The predicted octanol–water partition coefficient (Wildman–Crippen LogP) is 3.91. The van der Waals surface area contributed by atoms with Gasteiger partial charge in [-0.3, -0.25) is 0 Å². The molecule has 2 aromatic carbocycles. The first kappa shape index (κ1) is 18.0. The number of carbonyl (C=O) groups excluding carboxylic acids is 1. The third-order valence-electron chi connectivity index (χ3n) is 3.84. The van der Waals surface area contributed by atoms with E-state index < -0.39 is 5.97 Å². The second kappa shape index (κ2) is 7.61. The summed E-state index contributed by atoms with van der Waals surface area (Å²) in [5.74, 6) is -0.107. The van der Waals surface area contributed by atoms with Gasteiger partial charge in [-0.2, -0.15) is 0 Å². The van der Waals surface area contributed by atoms with Gasteiger partial charge in [0, 0.05) is 5.56 Å². The number of thioether (sulfide) groups is 1. The number of rotatable bonds is 5. The van der Waals surface area contributed by atoms with Gasteiger partial charge in [-0.1, -0.05) is 23.9 Å². The molecule has 0 aliphatic carbocycles. The van der Waals surface area contributed by atoms with Crippen molar-refractivity contribution in [2.75, 3.05) is 20.0 Å². The molecule has 0 saturated heterocycles. The molecule has 0 bridgehead atoms. The van der Waals surface area contributed by atoms with Crippen LogP contribution < -0.4 is 4.74 Å². The fourth-order valence-corrected chi connectivity index (χ4v) is 3.00. The average Bonchev–Trinajstić information content (AvgIpc) is 2.67. The van der Waals surface area contributed by atoms with Gasteiger partial charge in [-0.05, 0) is 37.4 Å². The van der Waals surface area contributed by atoms with Gasteiger partial charge in [0.1, 0.15) is 17.1 Å². The van der Waals surface area contributed by atoms with Gasteiger partial charge >= 0.3 is 5.97 Å². The van der Waals surface area contributed by atoms with Gasteiger partial charge in [0.15, 0.2) is 5.16 Å². The fraction of sp³-hybridized carbons (Fsp3) is 0.211. The predicted molar refractivity (Wildman–Crippen MR) is 101 cm³/mol. The van der Waals surface area contributed by atoms with E-state index in [0.717, 1.165) is 5.56 Å². The number of methoxy groups -OCH3 is 1. The lowest BCUT2D eigenvalue weighted by atomic mass is 10.0. The molecule has 1 aromatic heterocycles. The first-order valence-corrected chi connectivity index (χ1v) is 9.20. The van der Waals surface area contributed by atoms with Gasteiger partial charge in [0.2, 0.25) is 0 Å². The molecule has 0 amide bonds. The Kier molecular flexibility index (Phi) is 5.27. The summed E-state index contributed by atoms with van der Waals surface area (Å²) in [6.07, 6.45) is 1.88. The molecule has 26 heavy (non-hydrogen) atoms. The van der Waals surface area contributed by atoms with Crippen molar-refractivity contribution in [2.24, 2.45) is 0 Å². The maximum atomic E-state index is 12.1. The van der Waals surface area contributed by atoms with Crippen molar-refractivity contribution >= 4 is 28.6 Å². The van der Waals surface area contributed by atoms with Crippen LogP contribution in [0.3, 0.4) is 0 Å². The summed E-state index contributed by atoms with van der Waals surface area (Å²) in [7, 11) is 1.58. The molecule has 1 heterocycles. The Morgan fingerprint density at radius 2 is 2.04 bits per heavy atom. The molecule has 0 radical (unpaired) electrons. The van der Waals surface area contributed by atoms with Crippen LogP contribution in [0.5, 0.6) is 11.5 Å². The van der Waals surface area contributed by atoms with Crippen molar-refractivity contribution in [2.45, 2.75) is 12.1 Å².